The number of phenols is 2. The number of rotatable bonds is 20. The molecule has 2 N–H and O–H groups in total. The molecule has 0 aliphatic heterocycles. The Morgan fingerprint density at radius 1 is 0.553 bits per heavy atom. The fourth-order valence-electron chi connectivity index (χ4n) is 8.20. The van der Waals surface area contributed by atoms with Crippen molar-refractivity contribution in [2.45, 2.75) is 141 Å². The Morgan fingerprint density at radius 2 is 1.00 bits per heavy atom. The smallest absolute Gasteiger partial charge is 0.311 e. The molecular formula is C65H78O11. The Kier molecular flexibility index (Phi) is 24.8. The van der Waals surface area contributed by atoms with Gasteiger partial charge in [0.1, 0.15) is 23.0 Å². The molecule has 0 radical (unpaired) electrons. The fourth-order valence-corrected chi connectivity index (χ4v) is 8.20. The minimum Gasteiger partial charge on any atom is -0.508 e. The molecule has 0 heterocycles. The molecule has 2 unspecified atom stereocenters. The van der Waals surface area contributed by atoms with Crippen LogP contribution in [0.4, 0.5) is 0 Å². The summed E-state index contributed by atoms with van der Waals surface area (Å²) >= 11 is 0. The zero-order chi connectivity index (χ0) is 56.8. The molecule has 2 aliphatic carbocycles. The number of aromatic hydroxyl groups is 2. The molecule has 4 rings (SSSR count). The van der Waals surface area contributed by atoms with Crippen LogP contribution in [0.15, 0.2) is 172 Å². The molecule has 0 spiro atoms. The summed E-state index contributed by atoms with van der Waals surface area (Å²) < 4.78 is 16.2. The lowest BCUT2D eigenvalue weighted by molar-refractivity contribution is -0.157. The Hall–Kier alpha value is -7.66. The van der Waals surface area contributed by atoms with E-state index in [4.69, 9.17) is 14.2 Å². The van der Waals surface area contributed by atoms with Crippen molar-refractivity contribution in [3.8, 4) is 17.2 Å². The minimum atomic E-state index is -0.932. The molecule has 0 fully saturated rings. The first-order valence-electron chi connectivity index (χ1n) is 25.6. The van der Waals surface area contributed by atoms with Gasteiger partial charge in [0, 0.05) is 25.3 Å². The van der Waals surface area contributed by atoms with Crippen molar-refractivity contribution in [1.82, 2.24) is 0 Å². The maximum absolute atomic E-state index is 13.3. The highest BCUT2D eigenvalue weighted by Crippen LogP contribution is 2.41. The molecule has 2 aliphatic rings. The quantitative estimate of drug-likeness (QED) is 0.0560. The van der Waals surface area contributed by atoms with Crippen LogP contribution in [0.1, 0.15) is 140 Å². The SMILES string of the molecule is C/C=C/C(C)=C/C=C/C(C)=C/C=C/C=C(C)/C=C/C=C(C)/C=C/C1=C(C)C(=O)C(OC(=O)CCC(=O)Oc2ccc(/C=C/c3cc(O)cc(O)c3)cc2)CC1(C)C.CC(=O)CCC(=O)OC1CC(C)(C)C(C)=C(C)C1=O. The molecule has 76 heavy (non-hydrogen) atoms. The number of carbonyl (C=O) groups excluding carboxylic acids is 6. The maximum Gasteiger partial charge on any atom is 0.311 e. The zero-order valence-corrected chi connectivity index (χ0v) is 46.7. The zero-order valence-electron chi connectivity index (χ0n) is 46.7. The van der Waals surface area contributed by atoms with Crippen molar-refractivity contribution in [2.24, 2.45) is 10.8 Å². The molecule has 2 atom stereocenters. The molecule has 0 saturated heterocycles. The van der Waals surface area contributed by atoms with Crippen molar-refractivity contribution in [3.63, 3.8) is 0 Å². The second-order valence-corrected chi connectivity index (χ2v) is 20.6. The summed E-state index contributed by atoms with van der Waals surface area (Å²) in [6.45, 7) is 25.2. The molecule has 404 valence electrons. The summed E-state index contributed by atoms with van der Waals surface area (Å²) in [7, 11) is 0. The van der Waals surface area contributed by atoms with E-state index < -0.39 is 35.5 Å². The molecular weight excluding hydrogens is 957 g/mol. The van der Waals surface area contributed by atoms with Gasteiger partial charge in [-0.2, -0.15) is 0 Å². The number of esters is 3. The van der Waals surface area contributed by atoms with E-state index in [1.54, 1.807) is 50.3 Å². The summed E-state index contributed by atoms with van der Waals surface area (Å²) in [5, 5.41) is 19.3. The van der Waals surface area contributed by atoms with Crippen molar-refractivity contribution < 1.29 is 53.2 Å². The van der Waals surface area contributed by atoms with Gasteiger partial charge in [-0.1, -0.05) is 165 Å². The highest BCUT2D eigenvalue weighted by atomic mass is 16.6. The minimum absolute atomic E-state index is 0.0426. The number of allylic oxidation sites excluding steroid dienone is 20. The van der Waals surface area contributed by atoms with Crippen LogP contribution in [-0.2, 0) is 38.2 Å². The van der Waals surface area contributed by atoms with Crippen LogP contribution in [0, 0.1) is 10.8 Å². The van der Waals surface area contributed by atoms with E-state index >= 15 is 0 Å². The van der Waals surface area contributed by atoms with E-state index in [0.29, 0.717) is 35.3 Å². The van der Waals surface area contributed by atoms with Gasteiger partial charge in [-0.15, -0.1) is 0 Å². The molecule has 0 aromatic heterocycles. The number of ether oxygens (including phenoxy) is 3. The molecule has 0 bridgehead atoms. The van der Waals surface area contributed by atoms with Crippen LogP contribution >= 0.6 is 0 Å². The Balaban J connectivity index is 0.000000671. The monoisotopic (exact) mass is 1030 g/mol. The Labute approximate surface area is 450 Å². The highest BCUT2D eigenvalue weighted by Gasteiger charge is 2.40. The molecule has 11 heteroatoms. The Morgan fingerprint density at radius 3 is 1.53 bits per heavy atom. The summed E-state index contributed by atoms with van der Waals surface area (Å²) in [5.74, 6) is -1.90. The lowest BCUT2D eigenvalue weighted by atomic mass is 9.71. The van der Waals surface area contributed by atoms with Crippen molar-refractivity contribution in [1.29, 1.82) is 0 Å². The largest absolute Gasteiger partial charge is 0.508 e. The van der Waals surface area contributed by atoms with Gasteiger partial charge in [0.05, 0.1) is 19.3 Å². The van der Waals surface area contributed by atoms with E-state index in [1.165, 1.54) is 30.7 Å². The average Bonchev–Trinajstić information content (AvgIpc) is 3.34. The van der Waals surface area contributed by atoms with Crippen LogP contribution in [0.5, 0.6) is 17.2 Å². The summed E-state index contributed by atoms with van der Waals surface area (Å²) in [4.78, 5) is 73.1. The third-order valence-corrected chi connectivity index (χ3v) is 12.9. The van der Waals surface area contributed by atoms with Crippen LogP contribution in [0.25, 0.3) is 12.2 Å². The first kappa shape index (κ1) is 62.6. The average molecular weight is 1040 g/mol. The third-order valence-electron chi connectivity index (χ3n) is 12.9. The van der Waals surface area contributed by atoms with Gasteiger partial charge in [-0.25, -0.2) is 0 Å². The molecule has 11 nitrogen and oxygen atoms in total. The third kappa shape index (κ3) is 21.7. The van der Waals surface area contributed by atoms with Gasteiger partial charge in [-0.05, 0) is 125 Å². The van der Waals surface area contributed by atoms with Gasteiger partial charge in [0.25, 0.3) is 0 Å². The second kappa shape index (κ2) is 30.0. The normalized spacial score (nSPS) is 18.6. The van der Waals surface area contributed by atoms with Gasteiger partial charge in [-0.3, -0.25) is 24.0 Å². The number of hydrogen-bond acceptors (Lipinski definition) is 11. The van der Waals surface area contributed by atoms with Crippen molar-refractivity contribution >= 4 is 47.4 Å². The summed E-state index contributed by atoms with van der Waals surface area (Å²) in [6, 6.07) is 11.0. The van der Waals surface area contributed by atoms with Gasteiger partial charge in [0.2, 0.25) is 0 Å². The van der Waals surface area contributed by atoms with Crippen LogP contribution < -0.4 is 4.74 Å². The first-order chi connectivity index (χ1) is 35.7. The number of Topliss-reactive ketones (excluding diaryl/α,β-unsaturated/α-hetero) is 3. The fraction of sp³-hybridized carbons (Fsp3) is 0.354. The predicted molar refractivity (Wildman–Crippen MR) is 304 cm³/mol. The van der Waals surface area contributed by atoms with Crippen LogP contribution in [0.2, 0.25) is 0 Å². The topological polar surface area (TPSA) is 171 Å². The molecule has 2 aromatic rings. The highest BCUT2D eigenvalue weighted by molar-refractivity contribution is 6.02. The van der Waals surface area contributed by atoms with Gasteiger partial charge in [0.15, 0.2) is 23.8 Å². The van der Waals surface area contributed by atoms with Crippen LogP contribution in [0.3, 0.4) is 0 Å². The first-order valence-corrected chi connectivity index (χ1v) is 25.6. The van der Waals surface area contributed by atoms with E-state index in [2.05, 4.69) is 44.2 Å². The van der Waals surface area contributed by atoms with Crippen molar-refractivity contribution in [3.05, 3.63) is 183 Å². The van der Waals surface area contributed by atoms with Crippen LogP contribution in [-0.4, -0.2) is 57.7 Å². The van der Waals surface area contributed by atoms with Gasteiger partial charge >= 0.3 is 17.9 Å². The van der Waals surface area contributed by atoms with Crippen molar-refractivity contribution in [2.75, 3.05) is 0 Å². The van der Waals surface area contributed by atoms with Gasteiger partial charge < -0.3 is 29.2 Å². The summed E-state index contributed by atoms with van der Waals surface area (Å²) in [6.07, 6.45) is 30.9. The second-order valence-electron chi connectivity index (χ2n) is 20.6. The lowest BCUT2D eigenvalue weighted by Crippen LogP contribution is -2.39. The molecule has 2 aromatic carbocycles. The summed E-state index contributed by atoms with van der Waals surface area (Å²) in [5.41, 5.74) is 8.49. The number of benzene rings is 2. The number of carbonyl (C=O) groups is 6. The van der Waals surface area contributed by atoms with E-state index in [0.717, 1.165) is 33.4 Å². The number of phenolic OH excluding ortho intramolecular Hbond substituents is 2. The molecule has 0 amide bonds. The molecule has 0 saturated carbocycles. The lowest BCUT2D eigenvalue weighted by Gasteiger charge is -2.36. The number of ketones is 3. The standard InChI is InChI=1S/C50H56O7.C15H22O4/c1-9-14-35(2)17-12-18-36(3)15-10-11-16-37(4)19-13-20-38(5)21-28-45-39(6)49(55)46(34-50(45,7)8)57-48(54)30-29-47(53)56-44-26-24-40(25-27-44)22-23-41-31-42(51)33-43(52)32-41;1-9(16)6-7-13(17)19-12-8-15(4,5)11(3)10(2)14(12)18/h9-28,31-33,46,51-52H,29-30,34H2,1-8H3;12H,6-8H2,1-5H3/b11-10+,14-9+,18-12+,19-13+,23-22+,28-21+,35-17+,36-15+,37-16+,38-20+;. The van der Waals surface area contributed by atoms with E-state index in [-0.39, 0.29) is 59.9 Å². The van der Waals surface area contributed by atoms with E-state index in [1.807, 2.05) is 110 Å². The number of hydrogen-bond donors (Lipinski definition) is 2. The van der Waals surface area contributed by atoms with E-state index in [9.17, 15) is 39.0 Å². The Bertz CT molecular complexity index is 2820. The predicted octanol–water partition coefficient (Wildman–Crippen LogP) is 14.4. The maximum atomic E-state index is 13.3.